The molecular formula is C9H10F4N2O2S. The number of sulfonamides is 1. The van der Waals surface area contributed by atoms with E-state index in [0.717, 1.165) is 6.07 Å². The van der Waals surface area contributed by atoms with Gasteiger partial charge in [0, 0.05) is 6.54 Å². The zero-order valence-electron chi connectivity index (χ0n) is 9.18. The monoisotopic (exact) mass is 286 g/mol. The SMILES string of the molecule is CS(=O)(=O)Nc1c(F)cc(CN)cc1C(F)(F)F. The lowest BCUT2D eigenvalue weighted by Crippen LogP contribution is -2.18. The van der Waals surface area contributed by atoms with Gasteiger partial charge in [-0.25, -0.2) is 12.8 Å². The highest BCUT2D eigenvalue weighted by Crippen LogP contribution is 2.37. The van der Waals surface area contributed by atoms with E-state index < -0.39 is 33.3 Å². The van der Waals surface area contributed by atoms with Gasteiger partial charge in [-0.15, -0.1) is 0 Å². The van der Waals surface area contributed by atoms with E-state index in [9.17, 15) is 26.0 Å². The average Bonchev–Trinajstić information content (AvgIpc) is 2.17. The molecule has 102 valence electrons. The second kappa shape index (κ2) is 4.73. The molecule has 0 atom stereocenters. The first-order valence-corrected chi connectivity index (χ1v) is 6.51. The number of rotatable bonds is 3. The molecule has 0 bridgehead atoms. The number of hydrogen-bond acceptors (Lipinski definition) is 3. The summed E-state index contributed by atoms with van der Waals surface area (Å²) >= 11 is 0. The van der Waals surface area contributed by atoms with Crippen LogP contribution in [0.25, 0.3) is 0 Å². The summed E-state index contributed by atoms with van der Waals surface area (Å²) in [5.41, 5.74) is 2.52. The van der Waals surface area contributed by atoms with Crippen molar-refractivity contribution in [2.75, 3.05) is 11.0 Å². The van der Waals surface area contributed by atoms with Gasteiger partial charge in [-0.1, -0.05) is 0 Å². The molecule has 1 aromatic rings. The predicted octanol–water partition coefficient (Wildman–Crippen LogP) is 1.67. The summed E-state index contributed by atoms with van der Waals surface area (Å²) in [6, 6.07) is 1.36. The van der Waals surface area contributed by atoms with Gasteiger partial charge in [0.1, 0.15) is 5.82 Å². The summed E-state index contributed by atoms with van der Waals surface area (Å²) in [5, 5.41) is 0. The molecule has 1 aromatic carbocycles. The lowest BCUT2D eigenvalue weighted by atomic mass is 10.1. The van der Waals surface area contributed by atoms with E-state index in [1.165, 1.54) is 4.72 Å². The summed E-state index contributed by atoms with van der Waals surface area (Å²) < 4.78 is 74.9. The third-order valence-corrected chi connectivity index (χ3v) is 2.55. The van der Waals surface area contributed by atoms with Gasteiger partial charge in [0.05, 0.1) is 17.5 Å². The fourth-order valence-electron chi connectivity index (χ4n) is 1.29. The van der Waals surface area contributed by atoms with Crippen LogP contribution in [0.2, 0.25) is 0 Å². The molecular weight excluding hydrogens is 276 g/mol. The summed E-state index contributed by atoms with van der Waals surface area (Å²) in [7, 11) is -4.02. The van der Waals surface area contributed by atoms with Crippen LogP contribution in [0.15, 0.2) is 12.1 Å². The smallest absolute Gasteiger partial charge is 0.326 e. The maximum atomic E-state index is 13.5. The molecule has 0 saturated carbocycles. The van der Waals surface area contributed by atoms with Crippen LogP contribution >= 0.6 is 0 Å². The Morgan fingerprint density at radius 1 is 1.33 bits per heavy atom. The summed E-state index contributed by atoms with van der Waals surface area (Å²) in [4.78, 5) is 0. The van der Waals surface area contributed by atoms with Crippen molar-refractivity contribution >= 4 is 15.7 Å². The van der Waals surface area contributed by atoms with Crippen molar-refractivity contribution in [3.8, 4) is 0 Å². The lowest BCUT2D eigenvalue weighted by Gasteiger charge is -2.15. The fourth-order valence-corrected chi connectivity index (χ4v) is 1.87. The molecule has 0 fully saturated rings. The number of nitrogens with one attached hydrogen (secondary N) is 1. The highest BCUT2D eigenvalue weighted by atomic mass is 32.2. The van der Waals surface area contributed by atoms with E-state index in [-0.39, 0.29) is 12.1 Å². The van der Waals surface area contributed by atoms with Gasteiger partial charge in [0.25, 0.3) is 0 Å². The summed E-state index contributed by atoms with van der Waals surface area (Å²) in [5.74, 6) is -1.32. The lowest BCUT2D eigenvalue weighted by molar-refractivity contribution is -0.137. The number of hydrogen-bond donors (Lipinski definition) is 2. The first-order chi connectivity index (χ1) is 8.04. The molecule has 0 aliphatic rings. The molecule has 0 unspecified atom stereocenters. The number of benzene rings is 1. The topological polar surface area (TPSA) is 72.2 Å². The van der Waals surface area contributed by atoms with Gasteiger partial charge < -0.3 is 5.73 Å². The maximum absolute atomic E-state index is 13.5. The number of nitrogens with two attached hydrogens (primary N) is 1. The molecule has 0 amide bonds. The first kappa shape index (κ1) is 14.7. The van der Waals surface area contributed by atoms with Crippen LogP contribution in [-0.2, 0) is 22.7 Å². The van der Waals surface area contributed by atoms with Crippen molar-refractivity contribution in [2.45, 2.75) is 12.7 Å². The van der Waals surface area contributed by atoms with E-state index in [0.29, 0.717) is 12.3 Å². The molecule has 0 saturated heterocycles. The van der Waals surface area contributed by atoms with E-state index in [2.05, 4.69) is 0 Å². The normalized spacial score (nSPS) is 12.6. The Hall–Kier alpha value is -1.35. The molecule has 0 spiro atoms. The second-order valence-electron chi connectivity index (χ2n) is 3.58. The number of alkyl halides is 3. The van der Waals surface area contributed by atoms with Crippen LogP contribution < -0.4 is 10.5 Å². The Bertz CT molecular complexity index is 554. The predicted molar refractivity (Wildman–Crippen MR) is 57.8 cm³/mol. The fraction of sp³-hybridized carbons (Fsp3) is 0.333. The zero-order valence-corrected chi connectivity index (χ0v) is 9.99. The number of anilines is 1. The summed E-state index contributed by atoms with van der Waals surface area (Å²) in [6.07, 6.45) is -4.26. The van der Waals surface area contributed by atoms with E-state index in [1.54, 1.807) is 0 Å². The molecule has 0 heterocycles. The molecule has 0 aliphatic carbocycles. The third kappa shape index (κ3) is 3.57. The number of halogens is 4. The van der Waals surface area contributed by atoms with Gasteiger partial charge in [-0.3, -0.25) is 4.72 Å². The average molecular weight is 286 g/mol. The minimum Gasteiger partial charge on any atom is -0.326 e. The van der Waals surface area contributed by atoms with Crippen LogP contribution in [0.5, 0.6) is 0 Å². The van der Waals surface area contributed by atoms with Gasteiger partial charge in [-0.2, -0.15) is 13.2 Å². The van der Waals surface area contributed by atoms with Crippen molar-refractivity contribution in [3.05, 3.63) is 29.1 Å². The van der Waals surface area contributed by atoms with Crippen molar-refractivity contribution in [3.63, 3.8) is 0 Å². The van der Waals surface area contributed by atoms with E-state index in [4.69, 9.17) is 5.73 Å². The molecule has 4 nitrogen and oxygen atoms in total. The van der Waals surface area contributed by atoms with E-state index >= 15 is 0 Å². The molecule has 0 aromatic heterocycles. The summed E-state index contributed by atoms with van der Waals surface area (Å²) in [6.45, 7) is -0.293. The van der Waals surface area contributed by atoms with Gasteiger partial charge in [-0.05, 0) is 17.7 Å². The van der Waals surface area contributed by atoms with Gasteiger partial charge in [0.15, 0.2) is 0 Å². The minimum atomic E-state index is -4.89. The van der Waals surface area contributed by atoms with Gasteiger partial charge >= 0.3 is 6.18 Å². The molecule has 3 N–H and O–H groups in total. The van der Waals surface area contributed by atoms with Crippen molar-refractivity contribution in [1.82, 2.24) is 0 Å². The Labute approximate surface area is 101 Å². The highest BCUT2D eigenvalue weighted by molar-refractivity contribution is 7.92. The van der Waals surface area contributed by atoms with Crippen molar-refractivity contribution in [1.29, 1.82) is 0 Å². The highest BCUT2D eigenvalue weighted by Gasteiger charge is 2.36. The van der Waals surface area contributed by atoms with Crippen LogP contribution in [-0.4, -0.2) is 14.7 Å². The zero-order chi connectivity index (χ0) is 14.1. The van der Waals surface area contributed by atoms with Crippen LogP contribution in [0.4, 0.5) is 23.2 Å². The maximum Gasteiger partial charge on any atom is 0.418 e. The first-order valence-electron chi connectivity index (χ1n) is 4.62. The molecule has 9 heteroatoms. The largest absolute Gasteiger partial charge is 0.418 e. The quantitative estimate of drug-likeness (QED) is 0.830. The Kier molecular flexibility index (Phi) is 3.86. The molecule has 18 heavy (non-hydrogen) atoms. The van der Waals surface area contributed by atoms with Gasteiger partial charge in [0.2, 0.25) is 10.0 Å². The van der Waals surface area contributed by atoms with E-state index in [1.807, 2.05) is 0 Å². The van der Waals surface area contributed by atoms with Crippen LogP contribution in [0.1, 0.15) is 11.1 Å². The Morgan fingerprint density at radius 2 is 1.89 bits per heavy atom. The molecule has 0 radical (unpaired) electrons. The Balaban J connectivity index is 3.48. The second-order valence-corrected chi connectivity index (χ2v) is 5.32. The third-order valence-electron chi connectivity index (χ3n) is 1.98. The minimum absolute atomic E-state index is 0.0844. The molecule has 1 rings (SSSR count). The van der Waals surface area contributed by atoms with Crippen LogP contribution in [0, 0.1) is 5.82 Å². The van der Waals surface area contributed by atoms with Crippen molar-refractivity contribution in [2.24, 2.45) is 5.73 Å². The van der Waals surface area contributed by atoms with Crippen molar-refractivity contribution < 1.29 is 26.0 Å². The standard InChI is InChI=1S/C9H10F4N2O2S/c1-18(16,17)15-8-6(9(11,12)13)2-5(4-14)3-7(8)10/h2-3,15H,4,14H2,1H3. The van der Waals surface area contributed by atoms with Crippen LogP contribution in [0.3, 0.4) is 0 Å². The Morgan fingerprint density at radius 3 is 2.28 bits per heavy atom. The molecule has 0 aliphatic heterocycles.